The van der Waals surface area contributed by atoms with Crippen molar-refractivity contribution in [3.63, 3.8) is 0 Å². The van der Waals surface area contributed by atoms with Gasteiger partial charge in [0.15, 0.2) is 0 Å². The summed E-state index contributed by atoms with van der Waals surface area (Å²) in [5, 5.41) is 0. The summed E-state index contributed by atoms with van der Waals surface area (Å²) in [4.78, 5) is 28.4. The third kappa shape index (κ3) is 1.99. The lowest BCUT2D eigenvalue weighted by Crippen LogP contribution is -2.28. The molecule has 2 rings (SSSR count). The summed E-state index contributed by atoms with van der Waals surface area (Å²) in [6.45, 7) is 4.22. The molecule has 0 saturated heterocycles. The van der Waals surface area contributed by atoms with E-state index in [4.69, 9.17) is 0 Å². The van der Waals surface area contributed by atoms with Gasteiger partial charge in [0.25, 0.3) is 0 Å². The standard InChI is InChI=1S/C10H11BrN2O2S/c1-4(2)3-5-6-10(16-7(5)11)13-9(15)8(14)12-6/h4H,3H2,1-2H3,(H,12,14)(H,13,15). The van der Waals surface area contributed by atoms with Gasteiger partial charge in [-0.3, -0.25) is 9.59 Å². The van der Waals surface area contributed by atoms with Gasteiger partial charge in [-0.1, -0.05) is 13.8 Å². The number of halogens is 1. The van der Waals surface area contributed by atoms with Crippen LogP contribution in [0.25, 0.3) is 10.3 Å². The zero-order chi connectivity index (χ0) is 11.9. The maximum Gasteiger partial charge on any atom is 0.314 e. The molecule has 2 heterocycles. The molecular weight excluding hydrogens is 292 g/mol. The van der Waals surface area contributed by atoms with Crippen molar-refractivity contribution >= 4 is 37.6 Å². The van der Waals surface area contributed by atoms with Crippen LogP contribution in [0.1, 0.15) is 19.4 Å². The fraction of sp³-hybridized carbons (Fsp3) is 0.400. The lowest BCUT2D eigenvalue weighted by atomic mass is 10.1. The van der Waals surface area contributed by atoms with Gasteiger partial charge in [0, 0.05) is 5.56 Å². The minimum absolute atomic E-state index is 0.490. The molecule has 0 aliphatic carbocycles. The number of thiophene rings is 1. The van der Waals surface area contributed by atoms with Crippen LogP contribution in [0.5, 0.6) is 0 Å². The van der Waals surface area contributed by atoms with Gasteiger partial charge in [0.1, 0.15) is 4.83 Å². The number of aromatic amines is 2. The van der Waals surface area contributed by atoms with Gasteiger partial charge in [-0.2, -0.15) is 0 Å². The van der Waals surface area contributed by atoms with Gasteiger partial charge in [-0.05, 0) is 28.3 Å². The predicted molar refractivity (Wildman–Crippen MR) is 69.3 cm³/mol. The molecule has 16 heavy (non-hydrogen) atoms. The van der Waals surface area contributed by atoms with Crippen molar-refractivity contribution in [1.82, 2.24) is 9.97 Å². The molecule has 0 fully saturated rings. The zero-order valence-electron chi connectivity index (χ0n) is 8.89. The third-order valence-electron chi connectivity index (χ3n) is 2.24. The Labute approximate surface area is 104 Å². The van der Waals surface area contributed by atoms with E-state index in [0.29, 0.717) is 10.7 Å². The Hall–Kier alpha value is -0.880. The molecule has 0 aromatic carbocycles. The van der Waals surface area contributed by atoms with Crippen LogP contribution in [0.2, 0.25) is 0 Å². The minimum Gasteiger partial charge on any atom is -0.315 e. The second kappa shape index (κ2) is 4.18. The van der Waals surface area contributed by atoms with Crippen LogP contribution in [0.15, 0.2) is 13.4 Å². The summed E-state index contributed by atoms with van der Waals surface area (Å²) in [7, 11) is 0. The quantitative estimate of drug-likeness (QED) is 0.836. The second-order valence-corrected chi connectivity index (χ2v) is 6.40. The molecule has 2 N–H and O–H groups in total. The maximum absolute atomic E-state index is 11.3. The summed E-state index contributed by atoms with van der Waals surface area (Å²) >= 11 is 4.90. The van der Waals surface area contributed by atoms with E-state index in [9.17, 15) is 9.59 Å². The molecule has 4 nitrogen and oxygen atoms in total. The van der Waals surface area contributed by atoms with Crippen LogP contribution >= 0.6 is 27.3 Å². The molecule has 86 valence electrons. The maximum atomic E-state index is 11.3. The Balaban J connectivity index is 2.74. The van der Waals surface area contributed by atoms with Crippen LogP contribution in [-0.4, -0.2) is 9.97 Å². The molecule has 0 bridgehead atoms. The average Bonchev–Trinajstić information content (AvgIpc) is 2.45. The summed E-state index contributed by atoms with van der Waals surface area (Å²) < 4.78 is 0.966. The summed E-state index contributed by atoms with van der Waals surface area (Å²) in [6, 6.07) is 0. The van der Waals surface area contributed by atoms with E-state index in [0.717, 1.165) is 21.3 Å². The highest BCUT2D eigenvalue weighted by Crippen LogP contribution is 2.33. The SMILES string of the molecule is CC(C)Cc1c(Br)sc2[nH]c(=O)c(=O)[nH]c12. The van der Waals surface area contributed by atoms with E-state index in [1.54, 1.807) is 0 Å². The first-order valence-electron chi connectivity index (χ1n) is 4.92. The molecule has 0 radical (unpaired) electrons. The molecule has 0 unspecified atom stereocenters. The van der Waals surface area contributed by atoms with Crippen LogP contribution in [0.3, 0.4) is 0 Å². The van der Waals surface area contributed by atoms with Gasteiger partial charge in [-0.25, -0.2) is 0 Å². The van der Waals surface area contributed by atoms with Crippen molar-refractivity contribution < 1.29 is 0 Å². The van der Waals surface area contributed by atoms with Crippen molar-refractivity contribution in [3.8, 4) is 0 Å². The molecule has 0 saturated carbocycles. The molecule has 0 amide bonds. The molecule has 0 aliphatic rings. The van der Waals surface area contributed by atoms with Gasteiger partial charge < -0.3 is 9.97 Å². The fourth-order valence-corrected chi connectivity index (χ4v) is 3.33. The van der Waals surface area contributed by atoms with E-state index in [-0.39, 0.29) is 0 Å². The average molecular weight is 303 g/mol. The van der Waals surface area contributed by atoms with Gasteiger partial charge in [0.05, 0.1) is 9.30 Å². The van der Waals surface area contributed by atoms with E-state index in [1.807, 2.05) is 0 Å². The third-order valence-corrected chi connectivity index (χ3v) is 4.14. The van der Waals surface area contributed by atoms with E-state index in [2.05, 4.69) is 39.7 Å². The number of hydrogen-bond donors (Lipinski definition) is 2. The summed E-state index contributed by atoms with van der Waals surface area (Å²) in [5.74, 6) is 0.490. The van der Waals surface area contributed by atoms with Crippen molar-refractivity contribution in [2.45, 2.75) is 20.3 Å². The first-order valence-corrected chi connectivity index (χ1v) is 6.53. The molecule has 2 aromatic rings. The zero-order valence-corrected chi connectivity index (χ0v) is 11.3. The second-order valence-electron chi connectivity index (χ2n) is 4.06. The fourth-order valence-electron chi connectivity index (χ4n) is 1.58. The molecular formula is C10H11BrN2O2S. The largest absolute Gasteiger partial charge is 0.315 e. The predicted octanol–water partition coefficient (Wildman–Crippen LogP) is 2.24. The number of hydrogen-bond acceptors (Lipinski definition) is 3. The lowest BCUT2D eigenvalue weighted by Gasteiger charge is -2.03. The summed E-state index contributed by atoms with van der Waals surface area (Å²) in [6.07, 6.45) is 0.864. The number of rotatable bonds is 2. The number of fused-ring (bicyclic) bond motifs is 1. The smallest absolute Gasteiger partial charge is 0.314 e. The van der Waals surface area contributed by atoms with Gasteiger partial charge >= 0.3 is 11.1 Å². The lowest BCUT2D eigenvalue weighted by molar-refractivity contribution is 0.649. The Morgan fingerprint density at radius 2 is 1.88 bits per heavy atom. The van der Waals surface area contributed by atoms with Crippen molar-refractivity contribution in [2.24, 2.45) is 5.92 Å². The minimum atomic E-state index is -0.600. The molecule has 2 aromatic heterocycles. The monoisotopic (exact) mass is 302 g/mol. The number of nitrogens with one attached hydrogen (secondary N) is 2. The van der Waals surface area contributed by atoms with Crippen LogP contribution in [0, 0.1) is 5.92 Å². The van der Waals surface area contributed by atoms with E-state index in [1.165, 1.54) is 11.3 Å². The van der Waals surface area contributed by atoms with E-state index >= 15 is 0 Å². The Morgan fingerprint density at radius 1 is 1.25 bits per heavy atom. The number of H-pyrrole nitrogens is 2. The number of aromatic nitrogens is 2. The Morgan fingerprint density at radius 3 is 2.50 bits per heavy atom. The van der Waals surface area contributed by atoms with Crippen molar-refractivity contribution in [1.29, 1.82) is 0 Å². The topological polar surface area (TPSA) is 65.7 Å². The summed E-state index contributed by atoms with van der Waals surface area (Å²) in [5.41, 5.74) is 0.610. The molecule has 0 spiro atoms. The Bertz CT molecular complexity index is 638. The van der Waals surface area contributed by atoms with Crippen LogP contribution in [0.4, 0.5) is 0 Å². The van der Waals surface area contributed by atoms with Gasteiger partial charge in [0.2, 0.25) is 0 Å². The highest BCUT2D eigenvalue weighted by Gasteiger charge is 2.13. The van der Waals surface area contributed by atoms with Crippen molar-refractivity contribution in [3.05, 3.63) is 30.1 Å². The molecule has 6 heteroatoms. The van der Waals surface area contributed by atoms with Gasteiger partial charge in [-0.15, -0.1) is 11.3 Å². The highest BCUT2D eigenvalue weighted by molar-refractivity contribution is 9.11. The molecule has 0 aliphatic heterocycles. The highest BCUT2D eigenvalue weighted by atomic mass is 79.9. The normalized spacial score (nSPS) is 11.5. The molecule has 0 atom stereocenters. The van der Waals surface area contributed by atoms with Crippen molar-refractivity contribution in [2.75, 3.05) is 0 Å². The first kappa shape index (κ1) is 11.6. The van der Waals surface area contributed by atoms with Crippen LogP contribution < -0.4 is 11.1 Å². The van der Waals surface area contributed by atoms with E-state index < -0.39 is 11.1 Å². The Kier molecular flexibility index (Phi) is 3.03. The van der Waals surface area contributed by atoms with Crippen LogP contribution in [-0.2, 0) is 6.42 Å². The first-order chi connectivity index (χ1) is 7.49.